The molecule has 0 aliphatic heterocycles. The van der Waals surface area contributed by atoms with Gasteiger partial charge in [0.25, 0.3) is 0 Å². The van der Waals surface area contributed by atoms with Crippen molar-refractivity contribution in [2.24, 2.45) is 0 Å². The molecule has 1 aromatic carbocycles. The third-order valence-corrected chi connectivity index (χ3v) is 2.19. The van der Waals surface area contributed by atoms with Gasteiger partial charge in [-0.3, -0.25) is 10.1 Å². The highest BCUT2D eigenvalue weighted by Crippen LogP contribution is 2.31. The van der Waals surface area contributed by atoms with E-state index >= 15 is 0 Å². The van der Waals surface area contributed by atoms with Crippen LogP contribution in [0.3, 0.4) is 0 Å². The van der Waals surface area contributed by atoms with Crippen molar-refractivity contribution in [2.45, 2.75) is 13.0 Å². The Morgan fingerprint density at radius 2 is 2.21 bits per heavy atom. The molecule has 7 heteroatoms. The molecule has 0 N–H and O–H groups in total. The number of hydrogen-bond donors (Lipinski definition) is 0. The number of carbonyl (C=O) groups is 1. The summed E-state index contributed by atoms with van der Waals surface area (Å²) in [5.41, 5.74) is -1.08. The predicted molar refractivity (Wildman–Crippen MR) is 63.3 cm³/mol. The third kappa shape index (κ3) is 3.19. The predicted octanol–water partition coefficient (Wildman–Crippen LogP) is 1.92. The quantitative estimate of drug-likeness (QED) is 0.360. The van der Waals surface area contributed by atoms with Crippen molar-refractivity contribution < 1.29 is 23.6 Å². The van der Waals surface area contributed by atoms with E-state index in [1.165, 1.54) is 6.92 Å². The Balaban J connectivity index is 3.36. The summed E-state index contributed by atoms with van der Waals surface area (Å²) in [7, 11) is 1.06. The van der Waals surface area contributed by atoms with Gasteiger partial charge in [0.1, 0.15) is 5.82 Å². The monoisotopic (exact) mass is 267 g/mol. The zero-order chi connectivity index (χ0) is 14.6. The number of nitro benzene ring substituents is 1. The fourth-order valence-electron chi connectivity index (χ4n) is 1.27. The number of esters is 1. The van der Waals surface area contributed by atoms with Gasteiger partial charge in [-0.15, -0.1) is 6.42 Å². The van der Waals surface area contributed by atoms with Crippen molar-refractivity contribution in [1.82, 2.24) is 0 Å². The number of nitro groups is 1. The molecule has 0 amide bonds. The molecular weight excluding hydrogens is 257 g/mol. The zero-order valence-corrected chi connectivity index (χ0v) is 10.2. The van der Waals surface area contributed by atoms with E-state index in [-0.39, 0.29) is 5.75 Å². The first-order valence-electron chi connectivity index (χ1n) is 5.09. The molecule has 0 heterocycles. The summed E-state index contributed by atoms with van der Waals surface area (Å²) in [6, 6.07) is 1.48. The van der Waals surface area contributed by atoms with E-state index in [4.69, 9.17) is 11.2 Å². The van der Waals surface area contributed by atoms with E-state index in [9.17, 15) is 19.3 Å². The summed E-state index contributed by atoms with van der Waals surface area (Å²) >= 11 is 0. The van der Waals surface area contributed by atoms with E-state index in [0.717, 1.165) is 13.2 Å². The van der Waals surface area contributed by atoms with E-state index < -0.39 is 34.1 Å². The average molecular weight is 267 g/mol. The number of rotatable bonds is 4. The van der Waals surface area contributed by atoms with Crippen molar-refractivity contribution in [3.05, 3.63) is 33.6 Å². The van der Waals surface area contributed by atoms with E-state index in [2.05, 4.69) is 10.7 Å². The van der Waals surface area contributed by atoms with Crippen LogP contribution in [0.4, 0.5) is 10.1 Å². The molecule has 0 aromatic heterocycles. The minimum atomic E-state index is -1.07. The fraction of sp³-hybridized carbons (Fsp3) is 0.250. The van der Waals surface area contributed by atoms with Gasteiger partial charge in [0, 0.05) is 6.07 Å². The van der Waals surface area contributed by atoms with Gasteiger partial charge in [0.15, 0.2) is 11.9 Å². The van der Waals surface area contributed by atoms with Crippen LogP contribution in [0.25, 0.3) is 0 Å². The van der Waals surface area contributed by atoms with E-state index in [1.54, 1.807) is 0 Å². The van der Waals surface area contributed by atoms with Crippen LogP contribution in [0.15, 0.2) is 12.1 Å². The highest BCUT2D eigenvalue weighted by Gasteiger charge is 2.24. The topological polar surface area (TPSA) is 78.7 Å². The Morgan fingerprint density at radius 1 is 1.58 bits per heavy atom. The first kappa shape index (κ1) is 14.4. The summed E-state index contributed by atoms with van der Waals surface area (Å²) in [5.74, 6) is -0.129. The highest BCUT2D eigenvalue weighted by atomic mass is 19.1. The summed E-state index contributed by atoms with van der Waals surface area (Å²) in [6.45, 7) is 1.48. The molecule has 6 nitrogen and oxygen atoms in total. The molecule has 0 aliphatic carbocycles. The van der Waals surface area contributed by atoms with Crippen molar-refractivity contribution in [3.63, 3.8) is 0 Å². The molecule has 19 heavy (non-hydrogen) atoms. The smallest absolute Gasteiger partial charge is 0.340 e. The standard InChI is InChI=1S/C12H10FNO5/c1-4-7(2)19-11-5-8(12(15)18-3)9(13)6-10(11)14(16)17/h1,5-7H,2-3H3. The maximum Gasteiger partial charge on any atom is 0.340 e. The van der Waals surface area contributed by atoms with Gasteiger partial charge >= 0.3 is 11.7 Å². The largest absolute Gasteiger partial charge is 0.471 e. The normalized spacial score (nSPS) is 11.3. The Kier molecular flexibility index (Phi) is 4.42. The minimum absolute atomic E-state index is 0.294. The summed E-state index contributed by atoms with van der Waals surface area (Å²) in [4.78, 5) is 21.2. The molecule has 0 saturated carbocycles. The average Bonchev–Trinajstić information content (AvgIpc) is 2.38. The second-order valence-corrected chi connectivity index (χ2v) is 3.48. The fourth-order valence-corrected chi connectivity index (χ4v) is 1.27. The number of terminal acetylenes is 1. The first-order chi connectivity index (χ1) is 8.90. The van der Waals surface area contributed by atoms with Crippen molar-refractivity contribution in [1.29, 1.82) is 0 Å². The van der Waals surface area contributed by atoms with E-state index in [0.29, 0.717) is 6.07 Å². The molecule has 0 bridgehead atoms. The molecule has 0 spiro atoms. The number of hydrogen-bond acceptors (Lipinski definition) is 5. The van der Waals surface area contributed by atoms with Gasteiger partial charge in [-0.2, -0.15) is 0 Å². The minimum Gasteiger partial charge on any atom is -0.471 e. The van der Waals surface area contributed by atoms with Gasteiger partial charge in [-0.25, -0.2) is 9.18 Å². The lowest BCUT2D eigenvalue weighted by Crippen LogP contribution is -2.12. The lowest BCUT2D eigenvalue weighted by Gasteiger charge is -2.10. The van der Waals surface area contributed by atoms with Crippen molar-refractivity contribution in [2.75, 3.05) is 7.11 Å². The molecule has 1 atom stereocenters. The lowest BCUT2D eigenvalue weighted by atomic mass is 10.1. The lowest BCUT2D eigenvalue weighted by molar-refractivity contribution is -0.386. The molecular formula is C12H10FNO5. The van der Waals surface area contributed by atoms with Crippen molar-refractivity contribution >= 4 is 11.7 Å². The number of carbonyl (C=O) groups excluding carboxylic acids is 1. The summed E-state index contributed by atoms with van der Waals surface area (Å²) < 4.78 is 23.0. The van der Waals surface area contributed by atoms with E-state index in [1.807, 2.05) is 0 Å². The molecule has 0 aliphatic rings. The van der Waals surface area contributed by atoms with Crippen LogP contribution in [0.1, 0.15) is 17.3 Å². The van der Waals surface area contributed by atoms with Crippen LogP contribution < -0.4 is 4.74 Å². The van der Waals surface area contributed by atoms with Gasteiger partial charge in [-0.05, 0) is 6.92 Å². The van der Waals surface area contributed by atoms with Gasteiger partial charge in [0.2, 0.25) is 0 Å². The number of methoxy groups -OCH3 is 1. The number of benzene rings is 1. The number of ether oxygens (including phenoxy) is 2. The molecule has 0 fully saturated rings. The number of halogens is 1. The summed E-state index contributed by atoms with van der Waals surface area (Å²) in [5, 5.41) is 10.8. The molecule has 0 radical (unpaired) electrons. The second kappa shape index (κ2) is 5.82. The van der Waals surface area contributed by atoms with Crippen molar-refractivity contribution in [3.8, 4) is 18.1 Å². The SMILES string of the molecule is C#CC(C)Oc1cc(C(=O)OC)c(F)cc1[N+](=O)[O-]. The Hall–Kier alpha value is -2.62. The van der Waals surface area contributed by atoms with Crippen LogP contribution in [-0.2, 0) is 4.74 Å². The molecule has 0 saturated heterocycles. The maximum atomic E-state index is 13.5. The zero-order valence-electron chi connectivity index (χ0n) is 10.2. The molecule has 100 valence electrons. The number of nitrogens with zero attached hydrogens (tertiary/aromatic N) is 1. The Morgan fingerprint density at radius 3 is 2.68 bits per heavy atom. The van der Waals surface area contributed by atoms with Gasteiger partial charge < -0.3 is 9.47 Å². The van der Waals surface area contributed by atoms with Crippen LogP contribution >= 0.6 is 0 Å². The Bertz CT molecular complexity index is 564. The molecule has 1 unspecified atom stereocenters. The molecule has 1 rings (SSSR count). The first-order valence-corrected chi connectivity index (χ1v) is 5.09. The molecule has 1 aromatic rings. The van der Waals surface area contributed by atoms with Gasteiger partial charge in [-0.1, -0.05) is 5.92 Å². The van der Waals surface area contributed by atoms with Crippen LogP contribution in [-0.4, -0.2) is 24.1 Å². The Labute approximate surface area is 108 Å². The van der Waals surface area contributed by atoms with Crippen LogP contribution in [0.5, 0.6) is 5.75 Å². The maximum absolute atomic E-state index is 13.5. The third-order valence-electron chi connectivity index (χ3n) is 2.19. The van der Waals surface area contributed by atoms with Crippen LogP contribution in [0.2, 0.25) is 0 Å². The highest BCUT2D eigenvalue weighted by molar-refractivity contribution is 5.90. The summed E-state index contributed by atoms with van der Waals surface area (Å²) in [6.07, 6.45) is 4.32. The van der Waals surface area contributed by atoms with Gasteiger partial charge in [0.05, 0.1) is 23.7 Å². The van der Waals surface area contributed by atoms with Crippen LogP contribution in [0, 0.1) is 28.3 Å². The second-order valence-electron chi connectivity index (χ2n) is 3.48.